The summed E-state index contributed by atoms with van der Waals surface area (Å²) in [6, 6.07) is 22.4. The number of ether oxygens (including phenoxy) is 2. The van der Waals surface area contributed by atoms with Gasteiger partial charge in [-0.3, -0.25) is 9.59 Å². The summed E-state index contributed by atoms with van der Waals surface area (Å²) in [5, 5.41) is 0. The number of benzene rings is 2. The van der Waals surface area contributed by atoms with E-state index >= 15 is 0 Å². The van der Waals surface area contributed by atoms with Crippen molar-refractivity contribution in [2.45, 2.75) is 51.9 Å². The average molecular weight is 467 g/mol. The maximum absolute atomic E-state index is 13.1. The summed E-state index contributed by atoms with van der Waals surface area (Å²) in [7, 11) is 0.783. The van der Waals surface area contributed by atoms with E-state index in [4.69, 9.17) is 9.47 Å². The van der Waals surface area contributed by atoms with Crippen molar-refractivity contribution in [2.75, 3.05) is 14.2 Å². The van der Waals surface area contributed by atoms with Crippen LogP contribution in [0.25, 0.3) is 0 Å². The Bertz CT molecular complexity index is 912. The third-order valence-corrected chi connectivity index (χ3v) is 12.2. The highest BCUT2D eigenvalue weighted by Crippen LogP contribution is 2.61. The van der Waals surface area contributed by atoms with Crippen LogP contribution in [0.3, 0.4) is 0 Å². The number of hydrogen-bond acceptors (Lipinski definition) is 4. The van der Waals surface area contributed by atoms with Crippen LogP contribution in [0.2, 0.25) is 19.1 Å². The van der Waals surface area contributed by atoms with E-state index in [0.29, 0.717) is 12.0 Å². The van der Waals surface area contributed by atoms with Crippen LogP contribution in [-0.4, -0.2) is 34.2 Å². The van der Waals surface area contributed by atoms with Crippen LogP contribution in [0.15, 0.2) is 60.7 Å². The number of rotatable bonds is 7. The minimum Gasteiger partial charge on any atom is -0.468 e. The van der Waals surface area contributed by atoms with Crippen LogP contribution >= 0.6 is 0 Å². The van der Waals surface area contributed by atoms with Crippen molar-refractivity contribution in [3.63, 3.8) is 0 Å². The normalized spacial score (nSPS) is 21.6. The monoisotopic (exact) mass is 466 g/mol. The Morgan fingerprint density at radius 3 is 1.73 bits per heavy atom. The van der Waals surface area contributed by atoms with Crippen LogP contribution in [0.4, 0.5) is 0 Å². The zero-order chi connectivity index (χ0) is 24.4. The summed E-state index contributed by atoms with van der Waals surface area (Å²) in [4.78, 5) is 26.1. The van der Waals surface area contributed by atoms with E-state index in [1.807, 2.05) is 13.8 Å². The standard InChI is InChI=1S/C28H38O4Si/c1-20-23(18-28(25(29)31-4,26(30)32-5)27(20,2)3)19-33(6,7)24(21-14-10-8-11-15-21)22-16-12-9-13-17-22/h8-17,20,23-24H,18-19H2,1-7H3/t20-,23-/m1/s1. The number of carbonyl (C=O) groups excluding carboxylic acids is 2. The Balaban J connectivity index is 2.03. The molecule has 0 heterocycles. The Morgan fingerprint density at radius 2 is 1.33 bits per heavy atom. The first-order valence-corrected chi connectivity index (χ1v) is 15.1. The summed E-state index contributed by atoms with van der Waals surface area (Å²) in [5.41, 5.74) is 1.13. The summed E-state index contributed by atoms with van der Waals surface area (Å²) in [6.07, 6.45) is 0.466. The molecule has 2 aromatic rings. The van der Waals surface area contributed by atoms with Gasteiger partial charge in [0.2, 0.25) is 0 Å². The molecule has 178 valence electrons. The molecule has 2 aromatic carbocycles. The quantitative estimate of drug-likeness (QED) is 0.282. The smallest absolute Gasteiger partial charge is 0.323 e. The first-order chi connectivity index (χ1) is 15.5. The van der Waals surface area contributed by atoms with Gasteiger partial charge in [0, 0.05) is 5.54 Å². The topological polar surface area (TPSA) is 52.6 Å². The molecule has 0 unspecified atom stereocenters. The van der Waals surface area contributed by atoms with Gasteiger partial charge in [-0.1, -0.05) is 101 Å². The summed E-state index contributed by atoms with van der Waals surface area (Å²) < 4.78 is 10.4. The van der Waals surface area contributed by atoms with Crippen molar-refractivity contribution >= 4 is 20.0 Å². The third-order valence-electron chi connectivity index (χ3n) is 8.42. The molecule has 1 aliphatic rings. The van der Waals surface area contributed by atoms with E-state index < -0.39 is 30.8 Å². The van der Waals surface area contributed by atoms with E-state index in [1.165, 1.54) is 25.3 Å². The number of hydrogen-bond donors (Lipinski definition) is 0. The molecule has 0 spiro atoms. The Morgan fingerprint density at radius 1 is 0.909 bits per heavy atom. The van der Waals surface area contributed by atoms with E-state index in [0.717, 1.165) is 6.04 Å². The highest BCUT2D eigenvalue weighted by molar-refractivity contribution is 6.79. The largest absolute Gasteiger partial charge is 0.468 e. The molecule has 33 heavy (non-hydrogen) atoms. The van der Waals surface area contributed by atoms with Crippen LogP contribution in [0.5, 0.6) is 0 Å². The molecule has 0 N–H and O–H groups in total. The average Bonchev–Trinajstić information content (AvgIpc) is 3.00. The van der Waals surface area contributed by atoms with Crippen LogP contribution in [-0.2, 0) is 19.1 Å². The van der Waals surface area contributed by atoms with Gasteiger partial charge in [0.1, 0.15) is 0 Å². The van der Waals surface area contributed by atoms with Gasteiger partial charge >= 0.3 is 11.9 Å². The molecule has 5 heteroatoms. The molecule has 0 aromatic heterocycles. The van der Waals surface area contributed by atoms with E-state index in [9.17, 15) is 9.59 Å². The lowest BCUT2D eigenvalue weighted by Crippen LogP contribution is -2.50. The maximum Gasteiger partial charge on any atom is 0.323 e. The lowest BCUT2D eigenvalue weighted by Gasteiger charge is -2.39. The van der Waals surface area contributed by atoms with Gasteiger partial charge in [-0.15, -0.1) is 0 Å². The van der Waals surface area contributed by atoms with Crippen molar-refractivity contribution in [2.24, 2.45) is 22.7 Å². The molecule has 1 fully saturated rings. The van der Waals surface area contributed by atoms with E-state index in [1.54, 1.807) is 0 Å². The number of methoxy groups -OCH3 is 2. The highest BCUT2D eigenvalue weighted by Gasteiger charge is 2.67. The van der Waals surface area contributed by atoms with Gasteiger partial charge in [0.15, 0.2) is 5.41 Å². The molecule has 0 bridgehead atoms. The van der Waals surface area contributed by atoms with Gasteiger partial charge in [0.05, 0.1) is 22.3 Å². The predicted molar refractivity (Wildman–Crippen MR) is 135 cm³/mol. The second-order valence-corrected chi connectivity index (χ2v) is 15.8. The molecule has 3 rings (SSSR count). The second-order valence-electron chi connectivity index (χ2n) is 10.8. The molecule has 4 nitrogen and oxygen atoms in total. The van der Waals surface area contributed by atoms with Crippen LogP contribution in [0.1, 0.15) is 43.9 Å². The minimum atomic E-state index is -1.94. The molecule has 0 aliphatic heterocycles. The fourth-order valence-electron chi connectivity index (χ4n) is 6.36. The van der Waals surface area contributed by atoms with Crippen LogP contribution in [0, 0.1) is 22.7 Å². The Kier molecular flexibility index (Phi) is 7.23. The molecule has 1 saturated carbocycles. The molecule has 0 radical (unpaired) electrons. The fourth-order valence-corrected chi connectivity index (χ4v) is 10.6. The summed E-state index contributed by atoms with van der Waals surface area (Å²) in [5.74, 6) is -0.573. The van der Waals surface area contributed by atoms with E-state index in [-0.39, 0.29) is 11.8 Å². The lowest BCUT2D eigenvalue weighted by atomic mass is 9.64. The molecule has 0 saturated heterocycles. The van der Waals surface area contributed by atoms with Gasteiger partial charge < -0.3 is 9.47 Å². The summed E-state index contributed by atoms with van der Waals surface area (Å²) in [6.45, 7) is 11.1. The zero-order valence-electron chi connectivity index (χ0n) is 21.1. The third kappa shape index (κ3) is 4.28. The molecule has 1 aliphatic carbocycles. The first kappa shape index (κ1) is 25.2. The van der Waals surface area contributed by atoms with Gasteiger partial charge in [0.25, 0.3) is 0 Å². The summed E-state index contributed by atoms with van der Waals surface area (Å²) >= 11 is 0. The number of esters is 2. The second kappa shape index (κ2) is 9.45. The Labute approximate surface area is 199 Å². The lowest BCUT2D eigenvalue weighted by molar-refractivity contribution is -0.177. The van der Waals surface area contributed by atoms with Crippen molar-refractivity contribution in [3.05, 3.63) is 71.8 Å². The SMILES string of the molecule is COC(=O)C1(C(=O)OC)C[C@H](C[Si](C)(C)C(c2ccccc2)c2ccccc2)[C@@H](C)C1(C)C. The number of carbonyl (C=O) groups is 2. The maximum atomic E-state index is 13.1. The van der Waals surface area contributed by atoms with Crippen molar-refractivity contribution in [1.29, 1.82) is 0 Å². The molecule has 2 atom stereocenters. The van der Waals surface area contributed by atoms with Gasteiger partial charge in [-0.25, -0.2) is 0 Å². The van der Waals surface area contributed by atoms with Crippen molar-refractivity contribution < 1.29 is 19.1 Å². The van der Waals surface area contributed by atoms with E-state index in [2.05, 4.69) is 80.7 Å². The zero-order valence-corrected chi connectivity index (χ0v) is 22.1. The van der Waals surface area contributed by atoms with Crippen LogP contribution < -0.4 is 0 Å². The first-order valence-electron chi connectivity index (χ1n) is 11.8. The Hall–Kier alpha value is -2.40. The minimum absolute atomic E-state index is 0.162. The van der Waals surface area contributed by atoms with Crippen molar-refractivity contribution in [3.8, 4) is 0 Å². The van der Waals surface area contributed by atoms with Gasteiger partial charge in [-0.2, -0.15) is 0 Å². The molecule has 0 amide bonds. The molecular weight excluding hydrogens is 428 g/mol. The van der Waals surface area contributed by atoms with Crippen molar-refractivity contribution in [1.82, 2.24) is 0 Å². The molecular formula is C28H38O4Si. The predicted octanol–water partition coefficient (Wildman–Crippen LogP) is 6.08. The highest BCUT2D eigenvalue weighted by atomic mass is 28.3. The van der Waals surface area contributed by atoms with Gasteiger partial charge in [-0.05, 0) is 34.8 Å². The fraction of sp³-hybridized carbons (Fsp3) is 0.500.